The lowest BCUT2D eigenvalue weighted by Gasteiger charge is -2.12. The van der Waals surface area contributed by atoms with Crippen molar-refractivity contribution in [3.8, 4) is 11.5 Å². The minimum Gasteiger partial charge on any atom is -0.490 e. The molecule has 4 rings (SSSR count). The number of benzene rings is 2. The van der Waals surface area contributed by atoms with Gasteiger partial charge in [0.05, 0.1) is 10.4 Å². The van der Waals surface area contributed by atoms with Crippen LogP contribution in [0.15, 0.2) is 60.7 Å². The summed E-state index contributed by atoms with van der Waals surface area (Å²) < 4.78 is 11.3. The number of nitrogens with one attached hydrogen (secondary N) is 2. The summed E-state index contributed by atoms with van der Waals surface area (Å²) in [5.74, 6) is 0.440. The van der Waals surface area contributed by atoms with Gasteiger partial charge >= 0.3 is 0 Å². The fraction of sp³-hybridized carbons (Fsp3) is 0.217. The number of amides is 2. The van der Waals surface area contributed by atoms with Crippen molar-refractivity contribution in [1.29, 1.82) is 0 Å². The first-order valence-corrected chi connectivity index (χ1v) is 10.6. The molecule has 6 nitrogen and oxygen atoms in total. The number of hydrogen-bond donors (Lipinski definition) is 2. The summed E-state index contributed by atoms with van der Waals surface area (Å²) in [5.41, 5.74) is 6.55. The lowest BCUT2D eigenvalue weighted by Crippen LogP contribution is -2.41. The lowest BCUT2D eigenvalue weighted by molar-refractivity contribution is 0.0846. The molecule has 0 atom stereocenters. The van der Waals surface area contributed by atoms with Gasteiger partial charge in [-0.15, -0.1) is 11.3 Å². The average molecular weight is 423 g/mol. The van der Waals surface area contributed by atoms with Crippen LogP contribution in [0, 0.1) is 0 Å². The van der Waals surface area contributed by atoms with Crippen LogP contribution in [0.25, 0.3) is 0 Å². The Kier molecular flexibility index (Phi) is 6.29. The molecular weight excluding hydrogens is 400 g/mol. The topological polar surface area (TPSA) is 76.7 Å². The highest BCUT2D eigenvalue weighted by Gasteiger charge is 2.19. The molecule has 30 heavy (non-hydrogen) atoms. The van der Waals surface area contributed by atoms with Gasteiger partial charge in [-0.05, 0) is 55.2 Å². The van der Waals surface area contributed by atoms with Crippen LogP contribution in [0.4, 0.5) is 0 Å². The third kappa shape index (κ3) is 4.80. The van der Waals surface area contributed by atoms with Crippen molar-refractivity contribution < 1.29 is 19.1 Å². The van der Waals surface area contributed by atoms with Crippen LogP contribution in [-0.2, 0) is 12.8 Å². The number of aryl methyl sites for hydroxylation is 2. The van der Waals surface area contributed by atoms with Crippen LogP contribution in [-0.4, -0.2) is 25.0 Å². The number of carbonyl (C=O) groups is 2. The first kappa shape index (κ1) is 20.0. The van der Waals surface area contributed by atoms with Gasteiger partial charge in [-0.25, -0.2) is 0 Å². The van der Waals surface area contributed by atoms with E-state index in [9.17, 15) is 9.59 Å². The minimum absolute atomic E-state index is 0.284. The van der Waals surface area contributed by atoms with Gasteiger partial charge in [0.1, 0.15) is 24.7 Å². The van der Waals surface area contributed by atoms with Gasteiger partial charge in [0.15, 0.2) is 0 Å². The van der Waals surface area contributed by atoms with Crippen LogP contribution in [0.2, 0.25) is 0 Å². The number of carbonyl (C=O) groups excluding carboxylic acids is 2. The summed E-state index contributed by atoms with van der Waals surface area (Å²) >= 11 is 1.49. The van der Waals surface area contributed by atoms with Crippen LogP contribution in [0.5, 0.6) is 11.5 Å². The van der Waals surface area contributed by atoms with Crippen molar-refractivity contribution in [1.82, 2.24) is 10.9 Å². The monoisotopic (exact) mass is 422 g/mol. The molecule has 1 aliphatic rings. The summed E-state index contributed by atoms with van der Waals surface area (Å²) in [6.45, 7) is 0.631. The zero-order valence-corrected chi connectivity index (χ0v) is 17.2. The summed E-state index contributed by atoms with van der Waals surface area (Å²) in [7, 11) is 0. The molecule has 1 heterocycles. The first-order valence-electron chi connectivity index (χ1n) is 9.82. The smallest absolute Gasteiger partial charge is 0.279 e. The van der Waals surface area contributed by atoms with E-state index in [0.29, 0.717) is 22.8 Å². The molecule has 0 radical (unpaired) electrons. The molecule has 1 aromatic heterocycles. The van der Waals surface area contributed by atoms with Crippen LogP contribution >= 0.6 is 11.3 Å². The largest absolute Gasteiger partial charge is 0.490 e. The lowest BCUT2D eigenvalue weighted by atomic mass is 10.2. The fourth-order valence-electron chi connectivity index (χ4n) is 3.29. The predicted molar refractivity (Wildman–Crippen MR) is 115 cm³/mol. The van der Waals surface area contributed by atoms with E-state index in [1.807, 2.05) is 36.4 Å². The van der Waals surface area contributed by atoms with Gasteiger partial charge in [-0.1, -0.05) is 30.3 Å². The zero-order chi connectivity index (χ0) is 20.8. The molecule has 154 valence electrons. The Hall–Kier alpha value is -3.32. The molecule has 1 aliphatic carbocycles. The molecule has 3 aromatic rings. The minimum atomic E-state index is -0.438. The second-order valence-electron chi connectivity index (χ2n) is 6.83. The third-order valence-corrected chi connectivity index (χ3v) is 5.98. The van der Waals surface area contributed by atoms with Crippen LogP contribution in [0.1, 0.15) is 36.9 Å². The van der Waals surface area contributed by atoms with Gasteiger partial charge in [0.2, 0.25) is 0 Å². The van der Waals surface area contributed by atoms with Crippen molar-refractivity contribution in [3.05, 3.63) is 81.5 Å². The van der Waals surface area contributed by atoms with E-state index in [1.54, 1.807) is 24.3 Å². The molecule has 0 spiro atoms. The maximum Gasteiger partial charge on any atom is 0.279 e. The van der Waals surface area contributed by atoms with Gasteiger partial charge in [0.25, 0.3) is 11.8 Å². The molecular formula is C23H22N2O4S. The summed E-state index contributed by atoms with van der Waals surface area (Å²) in [6.07, 6.45) is 3.19. The Balaban J connectivity index is 1.29. The predicted octanol–water partition coefficient (Wildman–Crippen LogP) is 3.77. The Bertz CT molecular complexity index is 1010. The SMILES string of the molecule is O=C(NNC(=O)c1ccccc1OCCOc1ccccc1)c1cc2c(s1)CCC2. The highest BCUT2D eigenvalue weighted by atomic mass is 32.1. The zero-order valence-electron chi connectivity index (χ0n) is 16.4. The van der Waals surface area contributed by atoms with E-state index in [0.717, 1.165) is 25.0 Å². The third-order valence-electron chi connectivity index (χ3n) is 4.74. The fourth-order valence-corrected chi connectivity index (χ4v) is 4.44. The van der Waals surface area contributed by atoms with Gasteiger partial charge < -0.3 is 9.47 Å². The molecule has 0 unspecified atom stereocenters. The normalized spacial score (nSPS) is 12.1. The van der Waals surface area contributed by atoms with Gasteiger partial charge in [-0.2, -0.15) is 0 Å². The maximum atomic E-state index is 12.6. The quantitative estimate of drug-likeness (QED) is 0.449. The molecule has 7 heteroatoms. The second kappa shape index (κ2) is 9.45. The van der Waals surface area contributed by atoms with Crippen LogP contribution < -0.4 is 20.3 Å². The van der Waals surface area contributed by atoms with Crippen molar-refractivity contribution in [2.24, 2.45) is 0 Å². The number of hydrogen-bond acceptors (Lipinski definition) is 5. The molecule has 2 N–H and O–H groups in total. The van der Waals surface area contributed by atoms with Crippen LogP contribution in [0.3, 0.4) is 0 Å². The van der Waals surface area contributed by atoms with Crippen molar-refractivity contribution >= 4 is 23.2 Å². The summed E-state index contributed by atoms with van der Waals surface area (Å²) in [6, 6.07) is 18.3. The summed E-state index contributed by atoms with van der Waals surface area (Å²) in [5, 5.41) is 0. The number of rotatable bonds is 7. The van der Waals surface area contributed by atoms with Gasteiger partial charge in [0, 0.05) is 4.88 Å². The Morgan fingerprint density at radius 2 is 1.60 bits per heavy atom. The molecule has 0 saturated heterocycles. The molecule has 0 bridgehead atoms. The Morgan fingerprint density at radius 1 is 0.867 bits per heavy atom. The van der Waals surface area contributed by atoms with Gasteiger partial charge in [-0.3, -0.25) is 20.4 Å². The number of ether oxygens (including phenoxy) is 2. The number of fused-ring (bicyclic) bond motifs is 1. The first-order chi connectivity index (χ1) is 14.7. The number of thiophene rings is 1. The number of hydrazine groups is 1. The van der Waals surface area contributed by atoms with Crippen molar-refractivity contribution in [3.63, 3.8) is 0 Å². The molecule has 0 fully saturated rings. The van der Waals surface area contributed by atoms with E-state index in [2.05, 4.69) is 10.9 Å². The Morgan fingerprint density at radius 3 is 2.43 bits per heavy atom. The molecule has 0 aliphatic heterocycles. The highest BCUT2D eigenvalue weighted by molar-refractivity contribution is 7.14. The van der Waals surface area contributed by atoms with E-state index in [-0.39, 0.29) is 12.5 Å². The Labute approximate surface area is 178 Å². The van der Waals surface area contributed by atoms with E-state index in [4.69, 9.17) is 9.47 Å². The van der Waals surface area contributed by atoms with E-state index < -0.39 is 5.91 Å². The second-order valence-corrected chi connectivity index (χ2v) is 7.96. The molecule has 2 amide bonds. The standard InChI is InChI=1S/C23H22N2O4S/c26-22(24-25-23(27)21-15-16-7-6-12-20(16)30-21)18-10-4-5-11-19(18)29-14-13-28-17-8-2-1-3-9-17/h1-5,8-11,15H,6-7,12-14H2,(H,24,26)(H,25,27). The van der Waals surface area contributed by atoms with E-state index in [1.165, 1.54) is 21.8 Å². The van der Waals surface area contributed by atoms with E-state index >= 15 is 0 Å². The highest BCUT2D eigenvalue weighted by Crippen LogP contribution is 2.30. The average Bonchev–Trinajstić information content (AvgIpc) is 3.38. The number of para-hydroxylation sites is 2. The molecule has 0 saturated carbocycles. The van der Waals surface area contributed by atoms with Crippen molar-refractivity contribution in [2.45, 2.75) is 19.3 Å². The molecule has 2 aromatic carbocycles. The maximum absolute atomic E-state index is 12.6. The van der Waals surface area contributed by atoms with Crippen molar-refractivity contribution in [2.75, 3.05) is 13.2 Å². The summed E-state index contributed by atoms with van der Waals surface area (Å²) in [4.78, 5) is 26.8.